The molecule has 0 aliphatic heterocycles. The highest BCUT2D eigenvalue weighted by Crippen LogP contribution is 2.32. The molecule has 2 aromatic rings. The zero-order chi connectivity index (χ0) is 21.4. The van der Waals surface area contributed by atoms with Crippen molar-refractivity contribution in [3.63, 3.8) is 0 Å². The number of carboxylic acid groups (broad SMARTS) is 1. The van der Waals surface area contributed by atoms with Crippen LogP contribution in [-0.2, 0) is 24.5 Å². The lowest BCUT2D eigenvalue weighted by Crippen LogP contribution is -2.52. The number of carboxylic acids is 1. The summed E-state index contributed by atoms with van der Waals surface area (Å²) in [6.07, 6.45) is -0.0987. The molecule has 2 rings (SSSR count). The van der Waals surface area contributed by atoms with Gasteiger partial charge in [-0.3, -0.25) is 9.59 Å². The Morgan fingerprint density at radius 3 is 1.90 bits per heavy atom. The van der Waals surface area contributed by atoms with Gasteiger partial charge in [0.05, 0.1) is 18.4 Å². The molecule has 154 valence electrons. The molecule has 1 amide bonds. The summed E-state index contributed by atoms with van der Waals surface area (Å²) >= 11 is 0. The van der Waals surface area contributed by atoms with Crippen LogP contribution in [0.3, 0.4) is 0 Å². The fraction of sp³-hybridized carbons (Fsp3) is 0.348. The number of rotatable bonds is 9. The maximum Gasteiger partial charge on any atom is 0.326 e. The average Bonchev–Trinajstić information content (AvgIpc) is 2.72. The topological polar surface area (TPSA) is 92.7 Å². The molecule has 0 aliphatic rings. The van der Waals surface area contributed by atoms with Gasteiger partial charge < -0.3 is 15.2 Å². The summed E-state index contributed by atoms with van der Waals surface area (Å²) in [6.45, 7) is 5.28. The summed E-state index contributed by atoms with van der Waals surface area (Å²) < 4.78 is 4.91. The Bertz CT molecular complexity index is 795. The molecule has 0 radical (unpaired) electrons. The van der Waals surface area contributed by atoms with Gasteiger partial charge in [0.15, 0.2) is 0 Å². The predicted octanol–water partition coefficient (Wildman–Crippen LogP) is 3.15. The summed E-state index contributed by atoms with van der Waals surface area (Å²) in [6, 6.07) is 17.2. The summed E-state index contributed by atoms with van der Waals surface area (Å²) in [5, 5.41) is 12.3. The lowest BCUT2D eigenvalue weighted by atomic mass is 9.75. The molecule has 29 heavy (non-hydrogen) atoms. The number of nitrogens with one attached hydrogen (secondary N) is 1. The highest BCUT2D eigenvalue weighted by Gasteiger charge is 2.40. The van der Waals surface area contributed by atoms with Gasteiger partial charge in [-0.25, -0.2) is 4.79 Å². The molecule has 0 heterocycles. The first kappa shape index (κ1) is 22.1. The van der Waals surface area contributed by atoms with Crippen molar-refractivity contribution in [2.45, 2.75) is 38.6 Å². The zero-order valence-corrected chi connectivity index (χ0v) is 16.9. The second-order valence-corrected chi connectivity index (χ2v) is 7.13. The molecule has 0 saturated heterocycles. The number of hydrogen-bond donors (Lipinski definition) is 2. The molecule has 0 unspecified atom stereocenters. The third kappa shape index (κ3) is 5.22. The quantitative estimate of drug-likeness (QED) is 0.634. The molecule has 6 heteroatoms. The molecular weight excluding hydrogens is 370 g/mol. The van der Waals surface area contributed by atoms with E-state index in [0.29, 0.717) is 0 Å². The Morgan fingerprint density at radius 2 is 1.48 bits per heavy atom. The van der Waals surface area contributed by atoms with E-state index < -0.39 is 35.2 Å². The maximum atomic E-state index is 13.4. The van der Waals surface area contributed by atoms with E-state index in [-0.39, 0.29) is 13.0 Å². The van der Waals surface area contributed by atoms with Gasteiger partial charge in [-0.2, -0.15) is 0 Å². The minimum absolute atomic E-state index is 0.0987. The smallest absolute Gasteiger partial charge is 0.326 e. The largest absolute Gasteiger partial charge is 0.480 e. The van der Waals surface area contributed by atoms with Gasteiger partial charge >= 0.3 is 11.9 Å². The van der Waals surface area contributed by atoms with Crippen LogP contribution in [0.15, 0.2) is 60.7 Å². The van der Waals surface area contributed by atoms with Crippen LogP contribution < -0.4 is 5.32 Å². The molecule has 0 aromatic heterocycles. The van der Waals surface area contributed by atoms with Crippen LogP contribution in [0.25, 0.3) is 0 Å². The molecule has 0 fully saturated rings. The second-order valence-electron chi connectivity index (χ2n) is 7.13. The Hall–Kier alpha value is -3.15. The number of esters is 1. The third-order valence-electron chi connectivity index (χ3n) is 5.07. The number of hydrogen-bond acceptors (Lipinski definition) is 4. The Balaban J connectivity index is 2.35. The Morgan fingerprint density at radius 1 is 1.00 bits per heavy atom. The average molecular weight is 397 g/mol. The van der Waals surface area contributed by atoms with Crippen molar-refractivity contribution in [1.82, 2.24) is 5.32 Å². The SMILES string of the molecule is CCOC(=O)C[C@@H](C)[C@H](NC(=O)C(C)(c1ccccc1)c1ccccc1)C(=O)O. The van der Waals surface area contributed by atoms with E-state index in [0.717, 1.165) is 11.1 Å². The first-order valence-electron chi connectivity index (χ1n) is 9.61. The molecule has 0 spiro atoms. The highest BCUT2D eigenvalue weighted by molar-refractivity contribution is 5.94. The monoisotopic (exact) mass is 397 g/mol. The first-order valence-corrected chi connectivity index (χ1v) is 9.61. The Labute approximate surface area is 170 Å². The summed E-state index contributed by atoms with van der Waals surface area (Å²) in [7, 11) is 0. The van der Waals surface area contributed by atoms with E-state index in [9.17, 15) is 19.5 Å². The van der Waals surface area contributed by atoms with E-state index in [1.165, 1.54) is 0 Å². The minimum Gasteiger partial charge on any atom is -0.480 e. The number of ether oxygens (including phenoxy) is 1. The van der Waals surface area contributed by atoms with Gasteiger partial charge in [-0.05, 0) is 30.9 Å². The molecule has 2 N–H and O–H groups in total. The molecule has 2 atom stereocenters. The van der Waals surface area contributed by atoms with Crippen molar-refractivity contribution in [2.24, 2.45) is 5.92 Å². The highest BCUT2D eigenvalue weighted by atomic mass is 16.5. The summed E-state index contributed by atoms with van der Waals surface area (Å²) in [5.74, 6) is -2.77. The van der Waals surface area contributed by atoms with Gasteiger partial charge in [-0.15, -0.1) is 0 Å². The minimum atomic E-state index is -1.22. The fourth-order valence-electron chi connectivity index (χ4n) is 3.31. The normalized spacial score (nSPS) is 13.2. The summed E-state index contributed by atoms with van der Waals surface area (Å²) in [4.78, 5) is 37.0. The standard InChI is InChI=1S/C23H27NO5/c1-4-29-19(25)15-16(2)20(21(26)27)24-22(28)23(3,17-11-7-5-8-12-17)18-13-9-6-10-14-18/h5-14,16,20H,4,15H2,1-3H3,(H,24,28)(H,26,27)/t16-,20+/m1/s1. The number of benzene rings is 2. The lowest BCUT2D eigenvalue weighted by Gasteiger charge is -2.32. The predicted molar refractivity (Wildman–Crippen MR) is 109 cm³/mol. The van der Waals surface area contributed by atoms with Crippen LogP contribution in [0, 0.1) is 5.92 Å². The first-order chi connectivity index (χ1) is 13.8. The number of carbonyl (C=O) groups is 3. The number of amides is 1. The van der Waals surface area contributed by atoms with E-state index in [4.69, 9.17) is 4.74 Å². The van der Waals surface area contributed by atoms with E-state index in [1.807, 2.05) is 60.7 Å². The zero-order valence-electron chi connectivity index (χ0n) is 16.9. The van der Waals surface area contributed by atoms with Crippen molar-refractivity contribution >= 4 is 17.8 Å². The van der Waals surface area contributed by atoms with Crippen LogP contribution in [0.4, 0.5) is 0 Å². The summed E-state index contributed by atoms with van der Waals surface area (Å²) in [5.41, 5.74) is 0.386. The molecule has 2 aromatic carbocycles. The van der Waals surface area contributed by atoms with Crippen LogP contribution >= 0.6 is 0 Å². The van der Waals surface area contributed by atoms with Crippen molar-refractivity contribution < 1.29 is 24.2 Å². The Kier molecular flexibility index (Phi) is 7.53. The van der Waals surface area contributed by atoms with Gasteiger partial charge in [-0.1, -0.05) is 67.6 Å². The molecule has 0 aliphatic carbocycles. The molecular formula is C23H27NO5. The number of carbonyl (C=O) groups excluding carboxylic acids is 2. The van der Waals surface area contributed by atoms with E-state index >= 15 is 0 Å². The van der Waals surface area contributed by atoms with Gasteiger partial charge in [0.2, 0.25) is 5.91 Å². The molecule has 6 nitrogen and oxygen atoms in total. The molecule has 0 bridgehead atoms. The van der Waals surface area contributed by atoms with Crippen LogP contribution in [-0.4, -0.2) is 35.6 Å². The third-order valence-corrected chi connectivity index (χ3v) is 5.07. The molecule has 0 saturated carbocycles. The number of aliphatic carboxylic acids is 1. The van der Waals surface area contributed by atoms with Crippen LogP contribution in [0.5, 0.6) is 0 Å². The second kappa shape index (κ2) is 9.87. The van der Waals surface area contributed by atoms with E-state index in [1.54, 1.807) is 20.8 Å². The lowest BCUT2D eigenvalue weighted by molar-refractivity contribution is -0.147. The van der Waals surface area contributed by atoms with Gasteiger partial charge in [0.25, 0.3) is 0 Å². The van der Waals surface area contributed by atoms with Gasteiger partial charge in [0.1, 0.15) is 6.04 Å². The van der Waals surface area contributed by atoms with Crippen molar-refractivity contribution in [3.05, 3.63) is 71.8 Å². The van der Waals surface area contributed by atoms with E-state index in [2.05, 4.69) is 5.32 Å². The fourth-order valence-corrected chi connectivity index (χ4v) is 3.31. The van der Waals surface area contributed by atoms with Crippen molar-refractivity contribution in [1.29, 1.82) is 0 Å². The van der Waals surface area contributed by atoms with Gasteiger partial charge in [0, 0.05) is 0 Å². The van der Waals surface area contributed by atoms with Crippen molar-refractivity contribution in [3.8, 4) is 0 Å². The van der Waals surface area contributed by atoms with Crippen LogP contribution in [0.2, 0.25) is 0 Å². The maximum absolute atomic E-state index is 13.4. The van der Waals surface area contributed by atoms with Crippen molar-refractivity contribution in [2.75, 3.05) is 6.61 Å². The van der Waals surface area contributed by atoms with Crippen LogP contribution in [0.1, 0.15) is 38.3 Å².